The van der Waals surface area contributed by atoms with Gasteiger partial charge in [-0.25, -0.2) is 0 Å². The molecule has 0 fully saturated rings. The van der Waals surface area contributed by atoms with Crippen molar-refractivity contribution in [2.75, 3.05) is 19.1 Å². The summed E-state index contributed by atoms with van der Waals surface area (Å²) in [6.07, 6.45) is 2.95. The van der Waals surface area contributed by atoms with Crippen molar-refractivity contribution in [3.8, 4) is 5.75 Å². The molecule has 0 aromatic heterocycles. The summed E-state index contributed by atoms with van der Waals surface area (Å²) in [5, 5.41) is 0. The molecule has 0 heterocycles. The van der Waals surface area contributed by atoms with Gasteiger partial charge < -0.3 is 10.5 Å². The fourth-order valence-corrected chi connectivity index (χ4v) is 2.32. The van der Waals surface area contributed by atoms with Gasteiger partial charge in [-0.3, -0.25) is 0 Å². The highest BCUT2D eigenvalue weighted by atomic mass is 32.2. The SMILES string of the molecule is COc1ccc(C[C@H](N)CSC)cc1S. The van der Waals surface area contributed by atoms with E-state index in [0.717, 1.165) is 22.8 Å². The third-order valence-corrected chi connectivity index (χ3v) is 3.23. The molecule has 0 spiro atoms. The summed E-state index contributed by atoms with van der Waals surface area (Å²) in [4.78, 5) is 0.867. The first-order valence-corrected chi connectivity index (χ1v) is 6.62. The van der Waals surface area contributed by atoms with Crippen LogP contribution in [-0.4, -0.2) is 25.2 Å². The van der Waals surface area contributed by atoms with Gasteiger partial charge in [-0.05, 0) is 30.4 Å². The highest BCUT2D eigenvalue weighted by molar-refractivity contribution is 7.98. The first-order chi connectivity index (χ1) is 7.17. The van der Waals surface area contributed by atoms with Crippen molar-refractivity contribution < 1.29 is 4.74 Å². The lowest BCUT2D eigenvalue weighted by Gasteiger charge is -2.11. The van der Waals surface area contributed by atoms with E-state index in [4.69, 9.17) is 10.5 Å². The summed E-state index contributed by atoms with van der Waals surface area (Å²) in [6.45, 7) is 0. The van der Waals surface area contributed by atoms with Crippen molar-refractivity contribution in [1.82, 2.24) is 0 Å². The van der Waals surface area contributed by atoms with E-state index in [2.05, 4.69) is 18.9 Å². The largest absolute Gasteiger partial charge is 0.496 e. The highest BCUT2D eigenvalue weighted by Gasteiger charge is 2.05. The predicted molar refractivity (Wildman–Crippen MR) is 70.3 cm³/mol. The maximum atomic E-state index is 5.96. The second kappa shape index (κ2) is 6.30. The summed E-state index contributed by atoms with van der Waals surface area (Å²) in [6, 6.07) is 6.20. The Morgan fingerprint density at radius 2 is 2.27 bits per heavy atom. The Labute approximate surface area is 101 Å². The number of benzene rings is 1. The Hall–Kier alpha value is -0.320. The number of hydrogen-bond donors (Lipinski definition) is 2. The van der Waals surface area contributed by atoms with Crippen LogP contribution in [0.1, 0.15) is 5.56 Å². The van der Waals surface area contributed by atoms with Gasteiger partial charge in [0, 0.05) is 16.7 Å². The second-order valence-corrected chi connectivity index (χ2v) is 4.82. The van der Waals surface area contributed by atoms with Crippen molar-refractivity contribution in [2.24, 2.45) is 5.73 Å². The van der Waals surface area contributed by atoms with Gasteiger partial charge in [-0.15, -0.1) is 12.6 Å². The molecule has 0 aliphatic carbocycles. The fraction of sp³-hybridized carbons (Fsp3) is 0.455. The molecule has 84 valence electrons. The van der Waals surface area contributed by atoms with E-state index >= 15 is 0 Å². The molecule has 0 aliphatic heterocycles. The maximum Gasteiger partial charge on any atom is 0.132 e. The fourth-order valence-electron chi connectivity index (χ4n) is 1.44. The van der Waals surface area contributed by atoms with Crippen LogP contribution in [0, 0.1) is 0 Å². The number of methoxy groups -OCH3 is 1. The van der Waals surface area contributed by atoms with Crippen molar-refractivity contribution in [3.63, 3.8) is 0 Å². The molecule has 2 nitrogen and oxygen atoms in total. The van der Waals surface area contributed by atoms with Gasteiger partial charge in [0.2, 0.25) is 0 Å². The molecule has 1 atom stereocenters. The molecule has 15 heavy (non-hydrogen) atoms. The third kappa shape index (κ3) is 3.97. The first kappa shape index (κ1) is 12.7. The van der Waals surface area contributed by atoms with Crippen LogP contribution in [0.5, 0.6) is 5.75 Å². The van der Waals surface area contributed by atoms with E-state index in [1.165, 1.54) is 5.56 Å². The zero-order chi connectivity index (χ0) is 11.3. The summed E-state index contributed by atoms with van der Waals surface area (Å²) >= 11 is 6.12. The smallest absolute Gasteiger partial charge is 0.132 e. The molecular formula is C11H17NOS2. The predicted octanol–water partition coefficient (Wildman–Crippen LogP) is 2.22. The van der Waals surface area contributed by atoms with E-state index in [1.54, 1.807) is 18.9 Å². The van der Waals surface area contributed by atoms with Crippen LogP contribution in [-0.2, 0) is 6.42 Å². The van der Waals surface area contributed by atoms with Crippen LogP contribution in [0.15, 0.2) is 23.1 Å². The highest BCUT2D eigenvalue weighted by Crippen LogP contribution is 2.23. The lowest BCUT2D eigenvalue weighted by atomic mass is 10.1. The molecule has 1 rings (SSSR count). The average Bonchev–Trinajstić information content (AvgIpc) is 2.18. The number of thiol groups is 1. The van der Waals surface area contributed by atoms with Crippen LogP contribution < -0.4 is 10.5 Å². The monoisotopic (exact) mass is 243 g/mol. The van der Waals surface area contributed by atoms with E-state index in [1.807, 2.05) is 18.2 Å². The summed E-state index contributed by atoms with van der Waals surface area (Å²) in [5.41, 5.74) is 7.17. The minimum Gasteiger partial charge on any atom is -0.496 e. The molecule has 0 unspecified atom stereocenters. The molecule has 0 amide bonds. The molecule has 0 aliphatic rings. The zero-order valence-electron chi connectivity index (χ0n) is 9.06. The topological polar surface area (TPSA) is 35.2 Å². The van der Waals surface area contributed by atoms with Crippen LogP contribution in [0.4, 0.5) is 0 Å². The van der Waals surface area contributed by atoms with E-state index in [-0.39, 0.29) is 6.04 Å². The molecule has 4 heteroatoms. The summed E-state index contributed by atoms with van der Waals surface area (Å²) in [5.74, 6) is 1.79. The van der Waals surface area contributed by atoms with Crippen LogP contribution in [0.25, 0.3) is 0 Å². The van der Waals surface area contributed by atoms with E-state index in [9.17, 15) is 0 Å². The lowest BCUT2D eigenvalue weighted by Crippen LogP contribution is -2.25. The van der Waals surface area contributed by atoms with Crippen molar-refractivity contribution in [3.05, 3.63) is 23.8 Å². The van der Waals surface area contributed by atoms with Crippen molar-refractivity contribution in [1.29, 1.82) is 0 Å². The number of ether oxygens (including phenoxy) is 1. The Bertz CT molecular complexity index is 317. The normalized spacial score (nSPS) is 12.5. The van der Waals surface area contributed by atoms with Crippen molar-refractivity contribution in [2.45, 2.75) is 17.4 Å². The van der Waals surface area contributed by atoms with Crippen LogP contribution >= 0.6 is 24.4 Å². The number of rotatable bonds is 5. The standard InChI is InChI=1S/C11H17NOS2/c1-13-10-4-3-8(6-11(10)14)5-9(12)7-15-2/h3-4,6,9,14H,5,7,12H2,1-2H3/t9-/m0/s1. The van der Waals surface area contributed by atoms with E-state index in [0.29, 0.717) is 0 Å². The van der Waals surface area contributed by atoms with Gasteiger partial charge in [-0.2, -0.15) is 11.8 Å². The Morgan fingerprint density at radius 1 is 1.53 bits per heavy atom. The van der Waals surface area contributed by atoms with Crippen molar-refractivity contribution >= 4 is 24.4 Å². The quantitative estimate of drug-likeness (QED) is 0.778. The second-order valence-electron chi connectivity index (χ2n) is 3.43. The molecule has 0 saturated carbocycles. The van der Waals surface area contributed by atoms with E-state index < -0.39 is 0 Å². The summed E-state index contributed by atoms with van der Waals surface area (Å²) in [7, 11) is 1.65. The molecule has 1 aromatic carbocycles. The first-order valence-electron chi connectivity index (χ1n) is 4.77. The molecule has 2 N–H and O–H groups in total. The number of thioether (sulfide) groups is 1. The Balaban J connectivity index is 2.66. The van der Waals surface area contributed by atoms with Gasteiger partial charge in [-0.1, -0.05) is 6.07 Å². The molecule has 0 bridgehead atoms. The van der Waals surface area contributed by atoms with Gasteiger partial charge in [0.15, 0.2) is 0 Å². The Kier molecular flexibility index (Phi) is 5.36. The average molecular weight is 243 g/mol. The number of hydrogen-bond acceptors (Lipinski definition) is 4. The number of nitrogens with two attached hydrogens (primary N) is 1. The minimum absolute atomic E-state index is 0.209. The molecule has 1 aromatic rings. The van der Waals surface area contributed by atoms with Crippen LogP contribution in [0.2, 0.25) is 0 Å². The van der Waals surface area contributed by atoms with Gasteiger partial charge in [0.25, 0.3) is 0 Å². The van der Waals surface area contributed by atoms with Gasteiger partial charge in [0.1, 0.15) is 5.75 Å². The summed E-state index contributed by atoms with van der Waals surface area (Å²) < 4.78 is 5.14. The van der Waals surface area contributed by atoms with Gasteiger partial charge in [0.05, 0.1) is 7.11 Å². The van der Waals surface area contributed by atoms with Gasteiger partial charge >= 0.3 is 0 Å². The lowest BCUT2D eigenvalue weighted by molar-refractivity contribution is 0.404. The maximum absolute atomic E-state index is 5.96. The zero-order valence-corrected chi connectivity index (χ0v) is 10.8. The molecule has 0 radical (unpaired) electrons. The minimum atomic E-state index is 0.209. The molecular weight excluding hydrogens is 226 g/mol. The Morgan fingerprint density at radius 3 is 2.80 bits per heavy atom. The third-order valence-electron chi connectivity index (χ3n) is 2.12. The van der Waals surface area contributed by atoms with Crippen LogP contribution in [0.3, 0.4) is 0 Å². The molecule has 0 saturated heterocycles.